The van der Waals surface area contributed by atoms with Gasteiger partial charge >= 0.3 is 0 Å². The van der Waals surface area contributed by atoms with Crippen molar-refractivity contribution in [1.29, 1.82) is 0 Å². The van der Waals surface area contributed by atoms with E-state index in [9.17, 15) is 9.59 Å². The first kappa shape index (κ1) is 17.1. The molecular formula is C19H23N3O3. The van der Waals surface area contributed by atoms with Gasteiger partial charge in [0.2, 0.25) is 5.91 Å². The van der Waals surface area contributed by atoms with Gasteiger partial charge in [-0.15, -0.1) is 0 Å². The number of anilines is 2. The van der Waals surface area contributed by atoms with Crippen LogP contribution in [0.15, 0.2) is 47.1 Å². The Hall–Kier alpha value is -2.76. The summed E-state index contributed by atoms with van der Waals surface area (Å²) in [5.41, 5.74) is 1.91. The molecule has 1 fully saturated rings. The zero-order valence-electron chi connectivity index (χ0n) is 14.4. The largest absolute Gasteiger partial charge is 0.459 e. The third kappa shape index (κ3) is 4.21. The summed E-state index contributed by atoms with van der Waals surface area (Å²) < 4.78 is 5.18. The molecule has 3 rings (SSSR count). The van der Waals surface area contributed by atoms with Crippen LogP contribution in [0.25, 0.3) is 0 Å². The van der Waals surface area contributed by atoms with E-state index in [2.05, 4.69) is 10.2 Å². The van der Waals surface area contributed by atoms with Crippen LogP contribution in [0.4, 0.5) is 11.4 Å². The van der Waals surface area contributed by atoms with Gasteiger partial charge in [0.15, 0.2) is 5.76 Å². The maximum atomic E-state index is 12.3. The molecule has 2 heterocycles. The molecule has 0 saturated carbocycles. The summed E-state index contributed by atoms with van der Waals surface area (Å²) in [6, 6.07) is 11.3. The van der Waals surface area contributed by atoms with Crippen LogP contribution in [0, 0.1) is 0 Å². The second-order valence-electron chi connectivity index (χ2n) is 6.10. The molecule has 1 aliphatic heterocycles. The molecule has 1 aromatic heterocycles. The number of nitrogens with one attached hydrogen (secondary N) is 1. The number of piperazine rings is 1. The molecule has 0 unspecified atom stereocenters. The fourth-order valence-electron chi connectivity index (χ4n) is 2.93. The predicted molar refractivity (Wildman–Crippen MR) is 96.8 cm³/mol. The molecule has 0 spiro atoms. The number of furan rings is 1. The minimum Gasteiger partial charge on any atom is -0.459 e. The molecule has 1 N–H and O–H groups in total. The SMILES string of the molecule is CCCC(=O)Nc1ccc(N2CCN(C(=O)c3ccco3)CC2)cc1. The van der Waals surface area contributed by atoms with E-state index in [-0.39, 0.29) is 11.8 Å². The number of nitrogens with zero attached hydrogens (tertiary/aromatic N) is 2. The molecule has 0 bridgehead atoms. The fourth-order valence-corrected chi connectivity index (χ4v) is 2.93. The molecule has 6 heteroatoms. The van der Waals surface area contributed by atoms with Crippen LogP contribution in [-0.4, -0.2) is 42.9 Å². The quantitative estimate of drug-likeness (QED) is 0.908. The summed E-state index contributed by atoms with van der Waals surface area (Å²) in [5, 5.41) is 2.89. The standard InChI is InChI=1S/C19H23N3O3/c1-2-4-18(23)20-15-6-8-16(9-7-15)21-10-12-22(13-11-21)19(24)17-5-3-14-25-17/h3,5-9,14H,2,4,10-13H2,1H3,(H,20,23). The number of benzene rings is 1. The van der Waals surface area contributed by atoms with E-state index in [1.165, 1.54) is 6.26 Å². The summed E-state index contributed by atoms with van der Waals surface area (Å²) in [6.45, 7) is 4.85. The minimum absolute atomic E-state index is 0.0419. The van der Waals surface area contributed by atoms with Crippen molar-refractivity contribution in [2.75, 3.05) is 36.4 Å². The van der Waals surface area contributed by atoms with Crippen molar-refractivity contribution in [2.24, 2.45) is 0 Å². The van der Waals surface area contributed by atoms with Crippen molar-refractivity contribution < 1.29 is 14.0 Å². The van der Waals surface area contributed by atoms with Crippen molar-refractivity contribution >= 4 is 23.2 Å². The van der Waals surface area contributed by atoms with E-state index < -0.39 is 0 Å². The van der Waals surface area contributed by atoms with Crippen molar-refractivity contribution in [3.8, 4) is 0 Å². The van der Waals surface area contributed by atoms with Crippen molar-refractivity contribution in [3.05, 3.63) is 48.4 Å². The molecule has 2 amide bonds. The van der Waals surface area contributed by atoms with Gasteiger partial charge in [0, 0.05) is 44.0 Å². The van der Waals surface area contributed by atoms with Crippen LogP contribution in [-0.2, 0) is 4.79 Å². The van der Waals surface area contributed by atoms with E-state index in [4.69, 9.17) is 4.42 Å². The van der Waals surface area contributed by atoms with Crippen LogP contribution in [0.2, 0.25) is 0 Å². The summed E-state index contributed by atoms with van der Waals surface area (Å²) in [7, 11) is 0. The van der Waals surface area contributed by atoms with E-state index in [0.717, 1.165) is 30.9 Å². The third-order valence-corrected chi connectivity index (χ3v) is 4.29. The third-order valence-electron chi connectivity index (χ3n) is 4.29. The maximum Gasteiger partial charge on any atom is 0.289 e. The summed E-state index contributed by atoms with van der Waals surface area (Å²) >= 11 is 0. The minimum atomic E-state index is -0.0568. The number of rotatable bonds is 5. The number of hydrogen-bond donors (Lipinski definition) is 1. The molecule has 0 atom stereocenters. The lowest BCUT2D eigenvalue weighted by molar-refractivity contribution is -0.116. The number of carbonyl (C=O) groups excluding carboxylic acids is 2. The highest BCUT2D eigenvalue weighted by molar-refractivity contribution is 5.92. The number of carbonyl (C=O) groups is 2. The normalized spacial score (nSPS) is 14.4. The zero-order valence-corrected chi connectivity index (χ0v) is 14.4. The number of hydrogen-bond acceptors (Lipinski definition) is 4. The van der Waals surface area contributed by atoms with Gasteiger partial charge in [-0.3, -0.25) is 9.59 Å². The Balaban J connectivity index is 1.54. The Kier molecular flexibility index (Phi) is 5.38. The zero-order chi connectivity index (χ0) is 17.6. The van der Waals surface area contributed by atoms with E-state index in [1.54, 1.807) is 12.1 Å². The van der Waals surface area contributed by atoms with Crippen molar-refractivity contribution in [2.45, 2.75) is 19.8 Å². The molecule has 2 aromatic rings. The molecule has 6 nitrogen and oxygen atoms in total. The summed E-state index contributed by atoms with van der Waals surface area (Å²) in [6.07, 6.45) is 2.89. The van der Waals surface area contributed by atoms with Gasteiger partial charge in [-0.25, -0.2) is 0 Å². The van der Waals surface area contributed by atoms with Gasteiger partial charge in [-0.1, -0.05) is 6.92 Å². The van der Waals surface area contributed by atoms with E-state index in [1.807, 2.05) is 36.1 Å². The van der Waals surface area contributed by atoms with E-state index in [0.29, 0.717) is 25.3 Å². The molecule has 0 radical (unpaired) electrons. The lowest BCUT2D eigenvalue weighted by Gasteiger charge is -2.35. The molecule has 1 aromatic carbocycles. The lowest BCUT2D eigenvalue weighted by Crippen LogP contribution is -2.48. The first-order valence-electron chi connectivity index (χ1n) is 8.65. The van der Waals surface area contributed by atoms with Crippen LogP contribution >= 0.6 is 0 Å². The van der Waals surface area contributed by atoms with Gasteiger partial charge in [-0.05, 0) is 42.8 Å². The Bertz CT molecular complexity index is 702. The van der Waals surface area contributed by atoms with Gasteiger partial charge in [0.1, 0.15) is 0 Å². The van der Waals surface area contributed by atoms with Crippen LogP contribution < -0.4 is 10.2 Å². The first-order valence-corrected chi connectivity index (χ1v) is 8.65. The molecule has 1 aliphatic rings. The fraction of sp³-hybridized carbons (Fsp3) is 0.368. The number of amides is 2. The highest BCUT2D eigenvalue weighted by Gasteiger charge is 2.23. The maximum absolute atomic E-state index is 12.3. The van der Waals surface area contributed by atoms with Crippen molar-refractivity contribution in [3.63, 3.8) is 0 Å². The smallest absolute Gasteiger partial charge is 0.289 e. The Labute approximate surface area is 147 Å². The van der Waals surface area contributed by atoms with Crippen LogP contribution in [0.3, 0.4) is 0 Å². The van der Waals surface area contributed by atoms with Gasteiger partial charge < -0.3 is 19.5 Å². The summed E-state index contributed by atoms with van der Waals surface area (Å²) in [4.78, 5) is 28.0. The van der Waals surface area contributed by atoms with Crippen LogP contribution in [0.1, 0.15) is 30.3 Å². The molecule has 1 saturated heterocycles. The lowest BCUT2D eigenvalue weighted by atomic mass is 10.2. The first-order chi connectivity index (χ1) is 12.2. The topological polar surface area (TPSA) is 65.8 Å². The van der Waals surface area contributed by atoms with E-state index >= 15 is 0 Å². The highest BCUT2D eigenvalue weighted by Crippen LogP contribution is 2.20. The summed E-state index contributed by atoms with van der Waals surface area (Å²) in [5.74, 6) is 0.375. The van der Waals surface area contributed by atoms with Gasteiger partial charge in [0.05, 0.1) is 6.26 Å². The second-order valence-corrected chi connectivity index (χ2v) is 6.10. The molecule has 0 aliphatic carbocycles. The van der Waals surface area contributed by atoms with Crippen molar-refractivity contribution in [1.82, 2.24) is 4.90 Å². The predicted octanol–water partition coefficient (Wildman–Crippen LogP) is 2.98. The molecule has 25 heavy (non-hydrogen) atoms. The molecule has 132 valence electrons. The van der Waals surface area contributed by atoms with Crippen LogP contribution in [0.5, 0.6) is 0 Å². The second kappa shape index (κ2) is 7.88. The Morgan fingerprint density at radius 2 is 1.80 bits per heavy atom. The highest BCUT2D eigenvalue weighted by atomic mass is 16.3. The Morgan fingerprint density at radius 1 is 1.08 bits per heavy atom. The Morgan fingerprint density at radius 3 is 2.40 bits per heavy atom. The average Bonchev–Trinajstić information content (AvgIpc) is 3.17. The monoisotopic (exact) mass is 341 g/mol. The average molecular weight is 341 g/mol. The molecular weight excluding hydrogens is 318 g/mol. The van der Waals surface area contributed by atoms with Gasteiger partial charge in [-0.2, -0.15) is 0 Å². The van der Waals surface area contributed by atoms with Gasteiger partial charge in [0.25, 0.3) is 5.91 Å².